The molecule has 17 heavy (non-hydrogen) atoms. The second-order valence-electron chi connectivity index (χ2n) is 6.30. The first-order valence-electron chi connectivity index (χ1n) is 6.70. The lowest BCUT2D eigenvalue weighted by Gasteiger charge is -2.11. The summed E-state index contributed by atoms with van der Waals surface area (Å²) in [6, 6.07) is 1.98. The first kappa shape index (κ1) is 11.0. The van der Waals surface area contributed by atoms with Crippen LogP contribution in [0.1, 0.15) is 69.3 Å². The van der Waals surface area contributed by atoms with Gasteiger partial charge in [-0.15, -0.1) is 0 Å². The fourth-order valence-electron chi connectivity index (χ4n) is 3.00. The van der Waals surface area contributed by atoms with Crippen LogP contribution in [0, 0.1) is 5.41 Å². The molecule has 2 saturated carbocycles. The maximum atomic E-state index is 5.93. The summed E-state index contributed by atoms with van der Waals surface area (Å²) in [5.41, 5.74) is 7.49. The largest absolute Gasteiger partial charge is 0.384 e. The molecule has 1 heterocycles. The zero-order valence-corrected chi connectivity index (χ0v) is 10.7. The van der Waals surface area contributed by atoms with E-state index >= 15 is 0 Å². The molecule has 2 fully saturated rings. The van der Waals surface area contributed by atoms with E-state index in [-0.39, 0.29) is 0 Å². The van der Waals surface area contributed by atoms with Crippen LogP contribution in [0.15, 0.2) is 6.07 Å². The Labute approximate surface area is 103 Å². The molecule has 3 rings (SSSR count). The van der Waals surface area contributed by atoms with E-state index in [1.165, 1.54) is 37.8 Å². The molecular weight excluding hydrogens is 210 g/mol. The molecule has 2 aliphatic carbocycles. The maximum absolute atomic E-state index is 5.93. The summed E-state index contributed by atoms with van der Waals surface area (Å²) in [7, 11) is 0. The number of hydrogen-bond donors (Lipinski definition) is 1. The Bertz CT molecular complexity index is 410. The van der Waals surface area contributed by atoms with Crippen molar-refractivity contribution in [2.75, 3.05) is 5.73 Å². The van der Waals surface area contributed by atoms with Gasteiger partial charge in [-0.2, -0.15) is 0 Å². The van der Waals surface area contributed by atoms with Crippen LogP contribution in [0.5, 0.6) is 0 Å². The van der Waals surface area contributed by atoms with E-state index in [9.17, 15) is 0 Å². The van der Waals surface area contributed by atoms with Crippen LogP contribution in [0.3, 0.4) is 0 Å². The molecule has 0 radical (unpaired) electrons. The highest BCUT2D eigenvalue weighted by atomic mass is 15.0. The standard InChI is InChI=1S/C14H21N3/c1-14(2)8-10(14)13-16-11(7-12(15)17-13)9-5-3-4-6-9/h7,9-10H,3-6,8H2,1-2H3,(H2,15,16,17). The number of nitrogen functional groups attached to an aromatic ring is 1. The van der Waals surface area contributed by atoms with Crippen molar-refractivity contribution in [3.05, 3.63) is 17.6 Å². The number of nitrogens with zero attached hydrogens (tertiary/aromatic N) is 2. The van der Waals surface area contributed by atoms with E-state index in [2.05, 4.69) is 18.8 Å². The highest BCUT2D eigenvalue weighted by Gasteiger charge is 2.48. The number of nitrogens with two attached hydrogens (primary N) is 1. The molecule has 0 amide bonds. The second kappa shape index (κ2) is 3.69. The monoisotopic (exact) mass is 231 g/mol. The molecule has 0 aromatic carbocycles. The molecular formula is C14H21N3. The third kappa shape index (κ3) is 2.03. The highest BCUT2D eigenvalue weighted by molar-refractivity contribution is 5.34. The quantitative estimate of drug-likeness (QED) is 0.850. The Kier molecular flexibility index (Phi) is 2.39. The van der Waals surface area contributed by atoms with Crippen molar-refractivity contribution < 1.29 is 0 Å². The summed E-state index contributed by atoms with van der Waals surface area (Å²) in [6.07, 6.45) is 6.39. The number of hydrogen-bond acceptors (Lipinski definition) is 3. The van der Waals surface area contributed by atoms with Crippen molar-refractivity contribution >= 4 is 5.82 Å². The van der Waals surface area contributed by atoms with E-state index in [0.29, 0.717) is 23.1 Å². The molecule has 0 saturated heterocycles. The normalized spacial score (nSPS) is 27.3. The van der Waals surface area contributed by atoms with Crippen molar-refractivity contribution in [1.82, 2.24) is 9.97 Å². The molecule has 92 valence electrons. The summed E-state index contributed by atoms with van der Waals surface area (Å²) < 4.78 is 0. The smallest absolute Gasteiger partial charge is 0.134 e. The zero-order chi connectivity index (χ0) is 12.0. The van der Waals surface area contributed by atoms with Crippen LogP contribution in [0.4, 0.5) is 5.82 Å². The Morgan fingerprint density at radius 3 is 2.47 bits per heavy atom. The molecule has 2 N–H and O–H groups in total. The third-order valence-electron chi connectivity index (χ3n) is 4.38. The Morgan fingerprint density at radius 1 is 1.24 bits per heavy atom. The average molecular weight is 231 g/mol. The maximum Gasteiger partial charge on any atom is 0.134 e. The van der Waals surface area contributed by atoms with Crippen molar-refractivity contribution in [3.63, 3.8) is 0 Å². The summed E-state index contributed by atoms with van der Waals surface area (Å²) >= 11 is 0. The highest BCUT2D eigenvalue weighted by Crippen LogP contribution is 2.57. The van der Waals surface area contributed by atoms with Crippen LogP contribution < -0.4 is 5.73 Å². The van der Waals surface area contributed by atoms with Gasteiger partial charge in [0.05, 0.1) is 0 Å². The predicted molar refractivity (Wildman–Crippen MR) is 68.8 cm³/mol. The van der Waals surface area contributed by atoms with Crippen molar-refractivity contribution in [2.24, 2.45) is 5.41 Å². The summed E-state index contributed by atoms with van der Waals surface area (Å²) in [6.45, 7) is 4.55. The van der Waals surface area contributed by atoms with Gasteiger partial charge in [0.1, 0.15) is 11.6 Å². The summed E-state index contributed by atoms with van der Waals surface area (Å²) in [5.74, 6) is 2.78. The Balaban J connectivity index is 1.90. The van der Waals surface area contributed by atoms with Crippen LogP contribution in [-0.4, -0.2) is 9.97 Å². The fraction of sp³-hybridized carbons (Fsp3) is 0.714. The molecule has 1 aromatic heterocycles. The average Bonchev–Trinajstić information content (AvgIpc) is 2.73. The minimum absolute atomic E-state index is 0.376. The SMILES string of the molecule is CC1(C)CC1c1nc(N)cc(C2CCCC2)n1. The van der Waals surface area contributed by atoms with Gasteiger partial charge in [-0.1, -0.05) is 26.7 Å². The van der Waals surface area contributed by atoms with E-state index < -0.39 is 0 Å². The van der Waals surface area contributed by atoms with Gasteiger partial charge in [0, 0.05) is 23.6 Å². The number of anilines is 1. The second-order valence-corrected chi connectivity index (χ2v) is 6.30. The molecule has 1 unspecified atom stereocenters. The van der Waals surface area contributed by atoms with E-state index in [1.54, 1.807) is 0 Å². The Hall–Kier alpha value is -1.12. The first-order chi connectivity index (χ1) is 8.06. The van der Waals surface area contributed by atoms with Crippen LogP contribution in [0.25, 0.3) is 0 Å². The van der Waals surface area contributed by atoms with E-state index in [1.807, 2.05) is 6.07 Å². The van der Waals surface area contributed by atoms with Crippen molar-refractivity contribution in [1.29, 1.82) is 0 Å². The van der Waals surface area contributed by atoms with Gasteiger partial charge < -0.3 is 5.73 Å². The van der Waals surface area contributed by atoms with Gasteiger partial charge in [-0.05, 0) is 24.7 Å². The molecule has 1 aromatic rings. The van der Waals surface area contributed by atoms with Gasteiger partial charge in [0.25, 0.3) is 0 Å². The van der Waals surface area contributed by atoms with Gasteiger partial charge in [0.2, 0.25) is 0 Å². The molecule has 0 bridgehead atoms. The lowest BCUT2D eigenvalue weighted by molar-refractivity contribution is 0.602. The lowest BCUT2D eigenvalue weighted by Crippen LogP contribution is -2.06. The topological polar surface area (TPSA) is 51.8 Å². The molecule has 0 aliphatic heterocycles. The Morgan fingerprint density at radius 2 is 1.88 bits per heavy atom. The molecule has 3 nitrogen and oxygen atoms in total. The van der Waals surface area contributed by atoms with Gasteiger partial charge in [-0.3, -0.25) is 0 Å². The number of aromatic nitrogens is 2. The first-order valence-corrected chi connectivity index (χ1v) is 6.70. The van der Waals surface area contributed by atoms with Gasteiger partial charge >= 0.3 is 0 Å². The predicted octanol–water partition coefficient (Wildman–Crippen LogP) is 3.23. The minimum atomic E-state index is 0.376. The van der Waals surface area contributed by atoms with Gasteiger partial charge in [-0.25, -0.2) is 9.97 Å². The van der Waals surface area contributed by atoms with Crippen LogP contribution in [0.2, 0.25) is 0 Å². The molecule has 1 atom stereocenters. The van der Waals surface area contributed by atoms with Crippen LogP contribution in [-0.2, 0) is 0 Å². The van der Waals surface area contributed by atoms with E-state index in [4.69, 9.17) is 10.7 Å². The third-order valence-corrected chi connectivity index (χ3v) is 4.38. The van der Waals surface area contributed by atoms with Gasteiger partial charge in [0.15, 0.2) is 0 Å². The number of rotatable bonds is 2. The summed E-state index contributed by atoms with van der Waals surface area (Å²) in [4.78, 5) is 9.21. The minimum Gasteiger partial charge on any atom is -0.384 e. The van der Waals surface area contributed by atoms with Crippen LogP contribution >= 0.6 is 0 Å². The lowest BCUT2D eigenvalue weighted by atomic mass is 10.0. The summed E-state index contributed by atoms with van der Waals surface area (Å²) in [5, 5.41) is 0. The molecule has 3 heteroatoms. The van der Waals surface area contributed by atoms with Crippen molar-refractivity contribution in [3.8, 4) is 0 Å². The van der Waals surface area contributed by atoms with Crippen molar-refractivity contribution in [2.45, 2.75) is 57.8 Å². The molecule has 2 aliphatic rings. The fourth-order valence-corrected chi connectivity index (χ4v) is 3.00. The van der Waals surface area contributed by atoms with E-state index in [0.717, 1.165) is 5.82 Å². The zero-order valence-electron chi connectivity index (χ0n) is 10.7. The molecule has 0 spiro atoms.